The first-order chi connectivity index (χ1) is 13.3. The zero-order chi connectivity index (χ0) is 20.4. The van der Waals surface area contributed by atoms with Crippen LogP contribution < -0.4 is 5.32 Å². The van der Waals surface area contributed by atoms with Crippen molar-refractivity contribution in [3.63, 3.8) is 0 Å². The predicted molar refractivity (Wildman–Crippen MR) is 105 cm³/mol. The maximum Gasteiger partial charge on any atom is 0.408 e. The largest absolute Gasteiger partial charge is 0.459 e. The van der Waals surface area contributed by atoms with Crippen molar-refractivity contribution in [1.29, 1.82) is 0 Å². The maximum absolute atomic E-state index is 12.5. The molecule has 0 spiro atoms. The van der Waals surface area contributed by atoms with Crippen molar-refractivity contribution < 1.29 is 23.8 Å². The van der Waals surface area contributed by atoms with Gasteiger partial charge in [-0.1, -0.05) is 60.7 Å². The molecule has 28 heavy (non-hydrogen) atoms. The highest BCUT2D eigenvalue weighted by molar-refractivity contribution is 5.81. The fourth-order valence-corrected chi connectivity index (χ4v) is 2.32. The molecule has 150 valence electrons. The second-order valence-electron chi connectivity index (χ2n) is 7.29. The zero-order valence-electron chi connectivity index (χ0n) is 16.5. The minimum Gasteiger partial charge on any atom is -0.459 e. The summed E-state index contributed by atoms with van der Waals surface area (Å²) in [5.41, 5.74) is 1.15. The SMILES string of the molecule is CC(C)(C)OC(=O)N[C@@H](COCc1ccccc1)C(=O)OCc1ccccc1. The summed E-state index contributed by atoms with van der Waals surface area (Å²) < 4.78 is 16.2. The van der Waals surface area contributed by atoms with Gasteiger partial charge in [0.1, 0.15) is 12.2 Å². The molecule has 6 nitrogen and oxygen atoms in total. The van der Waals surface area contributed by atoms with Gasteiger partial charge in [-0.25, -0.2) is 9.59 Å². The van der Waals surface area contributed by atoms with Gasteiger partial charge in [-0.3, -0.25) is 0 Å². The Kier molecular flexibility index (Phi) is 8.02. The number of nitrogens with one attached hydrogen (secondary N) is 1. The molecule has 0 bridgehead atoms. The van der Waals surface area contributed by atoms with Gasteiger partial charge < -0.3 is 19.5 Å². The first-order valence-electron chi connectivity index (χ1n) is 9.15. The van der Waals surface area contributed by atoms with E-state index in [0.29, 0.717) is 6.61 Å². The number of alkyl carbamates (subject to hydrolysis) is 1. The molecule has 0 aliphatic carbocycles. The molecule has 2 aromatic rings. The monoisotopic (exact) mass is 385 g/mol. The molecule has 0 aliphatic rings. The zero-order valence-corrected chi connectivity index (χ0v) is 16.5. The average molecular weight is 385 g/mol. The molecule has 1 atom stereocenters. The smallest absolute Gasteiger partial charge is 0.408 e. The van der Waals surface area contributed by atoms with Crippen molar-refractivity contribution >= 4 is 12.1 Å². The van der Waals surface area contributed by atoms with Gasteiger partial charge in [0.25, 0.3) is 0 Å². The van der Waals surface area contributed by atoms with Gasteiger partial charge in [0.05, 0.1) is 13.2 Å². The van der Waals surface area contributed by atoms with E-state index in [2.05, 4.69) is 5.32 Å². The third-order valence-electron chi connectivity index (χ3n) is 3.60. The molecule has 1 N–H and O–H groups in total. The molecule has 0 radical (unpaired) electrons. The number of carbonyl (C=O) groups excluding carboxylic acids is 2. The van der Waals surface area contributed by atoms with Crippen molar-refractivity contribution in [2.75, 3.05) is 6.61 Å². The van der Waals surface area contributed by atoms with Gasteiger partial charge in [-0.05, 0) is 31.9 Å². The Morgan fingerprint density at radius 3 is 1.96 bits per heavy atom. The van der Waals surface area contributed by atoms with E-state index < -0.39 is 23.7 Å². The van der Waals surface area contributed by atoms with E-state index >= 15 is 0 Å². The maximum atomic E-state index is 12.5. The molecule has 0 heterocycles. The third kappa shape index (κ3) is 8.22. The van der Waals surface area contributed by atoms with Crippen molar-refractivity contribution in [3.05, 3.63) is 71.8 Å². The first-order valence-corrected chi connectivity index (χ1v) is 9.15. The van der Waals surface area contributed by atoms with Crippen LogP contribution >= 0.6 is 0 Å². The Balaban J connectivity index is 1.93. The first kappa shape index (κ1) is 21.4. The molecule has 2 aromatic carbocycles. The number of rotatable bonds is 8. The highest BCUT2D eigenvalue weighted by atomic mass is 16.6. The Hall–Kier alpha value is -2.86. The molecule has 0 fully saturated rings. The van der Waals surface area contributed by atoms with Gasteiger partial charge >= 0.3 is 12.1 Å². The number of benzene rings is 2. The summed E-state index contributed by atoms with van der Waals surface area (Å²) in [4.78, 5) is 24.6. The normalized spacial score (nSPS) is 12.1. The van der Waals surface area contributed by atoms with Crippen LogP contribution in [0.5, 0.6) is 0 Å². The van der Waals surface area contributed by atoms with Crippen LogP contribution in [0.2, 0.25) is 0 Å². The lowest BCUT2D eigenvalue weighted by Crippen LogP contribution is -2.46. The fraction of sp³-hybridized carbons (Fsp3) is 0.364. The molecule has 0 saturated heterocycles. The Morgan fingerprint density at radius 1 is 0.893 bits per heavy atom. The van der Waals surface area contributed by atoms with Crippen LogP contribution in [0.15, 0.2) is 60.7 Å². The summed E-state index contributed by atoms with van der Waals surface area (Å²) in [5, 5.41) is 2.54. The Morgan fingerprint density at radius 2 is 1.43 bits per heavy atom. The Bertz CT molecular complexity index is 741. The van der Waals surface area contributed by atoms with Crippen LogP contribution in [-0.4, -0.2) is 30.3 Å². The highest BCUT2D eigenvalue weighted by Crippen LogP contribution is 2.08. The van der Waals surface area contributed by atoms with Crippen molar-refractivity contribution in [3.8, 4) is 0 Å². The fourth-order valence-electron chi connectivity index (χ4n) is 2.32. The molecule has 2 rings (SSSR count). The third-order valence-corrected chi connectivity index (χ3v) is 3.60. The summed E-state index contributed by atoms with van der Waals surface area (Å²) >= 11 is 0. The standard InChI is InChI=1S/C22H27NO5/c1-22(2,3)28-21(25)23-19(16-26-14-17-10-6-4-7-11-17)20(24)27-15-18-12-8-5-9-13-18/h4-13,19H,14-16H2,1-3H3,(H,23,25)/t19-/m0/s1. The van der Waals surface area contributed by atoms with Crippen LogP contribution in [0, 0.1) is 0 Å². The van der Waals surface area contributed by atoms with Gasteiger partial charge in [0, 0.05) is 0 Å². The summed E-state index contributed by atoms with van der Waals surface area (Å²) in [6, 6.07) is 17.9. The number of amides is 1. The van der Waals surface area contributed by atoms with Crippen LogP contribution in [0.3, 0.4) is 0 Å². The van der Waals surface area contributed by atoms with Gasteiger partial charge in [-0.2, -0.15) is 0 Å². The van der Waals surface area contributed by atoms with Crippen molar-refractivity contribution in [1.82, 2.24) is 5.32 Å². The Labute approximate surface area is 165 Å². The lowest BCUT2D eigenvalue weighted by molar-refractivity contribution is -0.149. The van der Waals surface area contributed by atoms with E-state index in [1.165, 1.54) is 0 Å². The highest BCUT2D eigenvalue weighted by Gasteiger charge is 2.26. The van der Waals surface area contributed by atoms with Crippen LogP contribution in [-0.2, 0) is 32.2 Å². The molecule has 6 heteroatoms. The number of carbonyl (C=O) groups is 2. The van der Waals surface area contributed by atoms with Crippen LogP contribution in [0.25, 0.3) is 0 Å². The van der Waals surface area contributed by atoms with Gasteiger partial charge in [-0.15, -0.1) is 0 Å². The summed E-state index contributed by atoms with van der Waals surface area (Å²) in [6.07, 6.45) is -0.697. The van der Waals surface area contributed by atoms with Crippen LogP contribution in [0.1, 0.15) is 31.9 Å². The topological polar surface area (TPSA) is 73.9 Å². The van der Waals surface area contributed by atoms with Gasteiger partial charge in [0.15, 0.2) is 6.04 Å². The molecular weight excluding hydrogens is 358 g/mol. The molecule has 0 aromatic heterocycles. The minimum atomic E-state index is -0.970. The second-order valence-corrected chi connectivity index (χ2v) is 7.29. The van der Waals surface area contributed by atoms with Crippen molar-refractivity contribution in [2.24, 2.45) is 0 Å². The number of hydrogen-bond donors (Lipinski definition) is 1. The predicted octanol–water partition coefficient (Wildman–Crippen LogP) is 3.84. The lowest BCUT2D eigenvalue weighted by Gasteiger charge is -2.23. The van der Waals surface area contributed by atoms with E-state index in [9.17, 15) is 9.59 Å². The van der Waals surface area contributed by atoms with Crippen molar-refractivity contribution in [2.45, 2.75) is 45.6 Å². The quantitative estimate of drug-likeness (QED) is 0.699. The lowest BCUT2D eigenvalue weighted by atomic mass is 10.2. The van der Waals surface area contributed by atoms with E-state index in [4.69, 9.17) is 14.2 Å². The molecular formula is C22H27NO5. The average Bonchev–Trinajstić information content (AvgIpc) is 2.65. The van der Waals surface area contributed by atoms with E-state index in [-0.39, 0.29) is 13.2 Å². The molecule has 0 aliphatic heterocycles. The van der Waals surface area contributed by atoms with Gasteiger partial charge in [0.2, 0.25) is 0 Å². The number of esters is 1. The molecule has 0 saturated carbocycles. The van der Waals surface area contributed by atoms with Crippen LogP contribution in [0.4, 0.5) is 4.79 Å². The molecule has 0 unspecified atom stereocenters. The molecule has 1 amide bonds. The number of ether oxygens (including phenoxy) is 3. The number of hydrogen-bond acceptors (Lipinski definition) is 5. The summed E-state index contributed by atoms with van der Waals surface area (Å²) in [5.74, 6) is -0.581. The van der Waals surface area contributed by atoms with E-state index in [1.807, 2.05) is 60.7 Å². The second kappa shape index (κ2) is 10.5. The van der Waals surface area contributed by atoms with E-state index in [1.54, 1.807) is 20.8 Å². The summed E-state index contributed by atoms with van der Waals surface area (Å²) in [6.45, 7) is 5.66. The minimum absolute atomic E-state index is 0.0260. The van der Waals surface area contributed by atoms with E-state index in [0.717, 1.165) is 11.1 Å². The summed E-state index contributed by atoms with van der Waals surface area (Å²) in [7, 11) is 0.